The topological polar surface area (TPSA) is 45.2 Å². The number of hydrogen-bond donors (Lipinski definition) is 1. The SMILES string of the molecule is CCc1ccccc1NC(=O)C1CCN(c2nc3c(C)cc(C)cc3s2)CC1. The van der Waals surface area contributed by atoms with Gasteiger partial charge in [-0.05, 0) is 61.9 Å². The molecule has 28 heavy (non-hydrogen) atoms. The fourth-order valence-electron chi connectivity index (χ4n) is 4.01. The van der Waals surface area contributed by atoms with E-state index in [-0.39, 0.29) is 11.8 Å². The van der Waals surface area contributed by atoms with E-state index in [4.69, 9.17) is 4.98 Å². The molecule has 146 valence electrons. The van der Waals surface area contributed by atoms with Gasteiger partial charge in [-0.1, -0.05) is 42.5 Å². The van der Waals surface area contributed by atoms with Crippen LogP contribution < -0.4 is 10.2 Å². The number of hydrogen-bond acceptors (Lipinski definition) is 4. The van der Waals surface area contributed by atoms with Crippen LogP contribution >= 0.6 is 11.3 Å². The van der Waals surface area contributed by atoms with Crippen molar-refractivity contribution in [3.63, 3.8) is 0 Å². The number of anilines is 2. The first-order valence-corrected chi connectivity index (χ1v) is 10.9. The fraction of sp³-hybridized carbons (Fsp3) is 0.391. The monoisotopic (exact) mass is 393 g/mol. The normalized spacial score (nSPS) is 15.2. The lowest BCUT2D eigenvalue weighted by atomic mass is 9.96. The van der Waals surface area contributed by atoms with Crippen molar-refractivity contribution in [2.45, 2.75) is 40.0 Å². The lowest BCUT2D eigenvalue weighted by Crippen LogP contribution is -2.38. The highest BCUT2D eigenvalue weighted by molar-refractivity contribution is 7.22. The minimum Gasteiger partial charge on any atom is -0.348 e. The molecule has 1 saturated heterocycles. The Kier molecular flexibility index (Phi) is 5.36. The lowest BCUT2D eigenvalue weighted by molar-refractivity contribution is -0.120. The van der Waals surface area contributed by atoms with Crippen molar-refractivity contribution in [3.05, 3.63) is 53.1 Å². The van der Waals surface area contributed by atoms with Crippen molar-refractivity contribution in [2.24, 2.45) is 5.92 Å². The predicted octanol–water partition coefficient (Wildman–Crippen LogP) is 5.33. The molecule has 0 bridgehead atoms. The largest absolute Gasteiger partial charge is 0.348 e. The maximum atomic E-state index is 12.8. The second-order valence-electron chi connectivity index (χ2n) is 7.69. The Morgan fingerprint density at radius 2 is 1.96 bits per heavy atom. The van der Waals surface area contributed by atoms with Crippen LogP contribution in [0.3, 0.4) is 0 Å². The molecular formula is C23H27N3OS. The Hall–Kier alpha value is -2.40. The first-order chi connectivity index (χ1) is 13.5. The van der Waals surface area contributed by atoms with Crippen LogP contribution in [-0.4, -0.2) is 24.0 Å². The number of aromatic nitrogens is 1. The van der Waals surface area contributed by atoms with Gasteiger partial charge in [-0.2, -0.15) is 0 Å². The van der Waals surface area contributed by atoms with Crippen molar-refractivity contribution in [1.29, 1.82) is 0 Å². The van der Waals surface area contributed by atoms with Gasteiger partial charge in [-0.25, -0.2) is 4.98 Å². The number of piperidine rings is 1. The highest BCUT2D eigenvalue weighted by Crippen LogP contribution is 2.34. The van der Waals surface area contributed by atoms with Gasteiger partial charge >= 0.3 is 0 Å². The average Bonchev–Trinajstić information content (AvgIpc) is 3.13. The number of nitrogens with zero attached hydrogens (tertiary/aromatic N) is 2. The summed E-state index contributed by atoms with van der Waals surface area (Å²) in [7, 11) is 0. The molecule has 1 aliphatic heterocycles. The lowest BCUT2D eigenvalue weighted by Gasteiger charge is -2.31. The van der Waals surface area contributed by atoms with Crippen LogP contribution in [0.15, 0.2) is 36.4 Å². The highest BCUT2D eigenvalue weighted by atomic mass is 32.1. The Labute approximate surface area is 170 Å². The zero-order valence-corrected chi connectivity index (χ0v) is 17.6. The molecular weight excluding hydrogens is 366 g/mol. The Balaban J connectivity index is 1.42. The molecule has 0 atom stereocenters. The van der Waals surface area contributed by atoms with E-state index in [1.165, 1.54) is 21.4 Å². The molecule has 0 unspecified atom stereocenters. The summed E-state index contributed by atoms with van der Waals surface area (Å²) in [5.74, 6) is 0.218. The standard InChI is InChI=1S/C23H27N3OS/c1-4-17-7-5-6-8-19(17)24-22(27)18-9-11-26(12-10-18)23-25-21-16(3)13-15(2)14-20(21)28-23/h5-8,13-14,18H,4,9-12H2,1-3H3,(H,24,27). The number of aryl methyl sites for hydroxylation is 3. The quantitative estimate of drug-likeness (QED) is 0.651. The summed E-state index contributed by atoms with van der Waals surface area (Å²) < 4.78 is 1.25. The zero-order valence-electron chi connectivity index (χ0n) is 16.8. The molecule has 1 amide bonds. The minimum atomic E-state index is 0.0690. The van der Waals surface area contributed by atoms with Crippen LogP contribution in [0.4, 0.5) is 10.8 Å². The predicted molar refractivity (Wildman–Crippen MR) is 118 cm³/mol. The van der Waals surface area contributed by atoms with Crippen LogP contribution in [0.5, 0.6) is 0 Å². The second-order valence-corrected chi connectivity index (χ2v) is 8.70. The first-order valence-electron chi connectivity index (χ1n) is 10.1. The molecule has 4 rings (SSSR count). The smallest absolute Gasteiger partial charge is 0.227 e. The number of carbonyl (C=O) groups is 1. The van der Waals surface area contributed by atoms with Crippen LogP contribution in [-0.2, 0) is 11.2 Å². The molecule has 0 spiro atoms. The molecule has 1 fully saturated rings. The number of amides is 1. The number of thiazole rings is 1. The summed E-state index contributed by atoms with van der Waals surface area (Å²) in [4.78, 5) is 20.0. The Bertz CT molecular complexity index is 1000. The van der Waals surface area contributed by atoms with E-state index in [0.29, 0.717) is 0 Å². The van der Waals surface area contributed by atoms with Crippen molar-refractivity contribution >= 4 is 38.3 Å². The van der Waals surface area contributed by atoms with Gasteiger partial charge in [0.1, 0.15) is 0 Å². The van der Waals surface area contributed by atoms with Crippen LogP contribution in [0.2, 0.25) is 0 Å². The van der Waals surface area contributed by atoms with Crippen LogP contribution in [0.1, 0.15) is 36.5 Å². The van der Waals surface area contributed by atoms with Gasteiger partial charge < -0.3 is 10.2 Å². The number of carbonyl (C=O) groups excluding carboxylic acids is 1. The van der Waals surface area contributed by atoms with Crippen LogP contribution in [0.25, 0.3) is 10.2 Å². The molecule has 3 aromatic rings. The third kappa shape index (κ3) is 3.76. The summed E-state index contributed by atoms with van der Waals surface area (Å²) in [6.07, 6.45) is 2.66. The highest BCUT2D eigenvalue weighted by Gasteiger charge is 2.27. The van der Waals surface area contributed by atoms with E-state index in [0.717, 1.165) is 48.7 Å². The summed E-state index contributed by atoms with van der Waals surface area (Å²) in [6, 6.07) is 12.5. The molecule has 4 nitrogen and oxygen atoms in total. The third-order valence-corrected chi connectivity index (χ3v) is 6.67. The molecule has 1 N–H and O–H groups in total. The van der Waals surface area contributed by atoms with Gasteiger partial charge in [-0.3, -0.25) is 4.79 Å². The number of benzene rings is 2. The molecule has 1 aromatic heterocycles. The van der Waals surface area contributed by atoms with Gasteiger partial charge in [0, 0.05) is 24.7 Å². The number of rotatable bonds is 4. The number of nitrogens with one attached hydrogen (secondary N) is 1. The minimum absolute atomic E-state index is 0.0690. The van der Waals surface area contributed by atoms with Gasteiger partial charge in [0.2, 0.25) is 5.91 Å². The number of fused-ring (bicyclic) bond motifs is 1. The summed E-state index contributed by atoms with van der Waals surface area (Å²) in [6.45, 7) is 8.14. The molecule has 0 radical (unpaired) electrons. The van der Waals surface area contributed by atoms with Crippen molar-refractivity contribution in [1.82, 2.24) is 4.98 Å². The maximum absolute atomic E-state index is 12.8. The van der Waals surface area contributed by atoms with Crippen molar-refractivity contribution < 1.29 is 4.79 Å². The van der Waals surface area contributed by atoms with E-state index >= 15 is 0 Å². The molecule has 0 saturated carbocycles. The molecule has 2 aromatic carbocycles. The van der Waals surface area contributed by atoms with Gasteiger partial charge in [0.25, 0.3) is 0 Å². The van der Waals surface area contributed by atoms with Gasteiger partial charge in [-0.15, -0.1) is 0 Å². The van der Waals surface area contributed by atoms with Crippen molar-refractivity contribution in [2.75, 3.05) is 23.3 Å². The first kappa shape index (κ1) is 18.9. The summed E-state index contributed by atoms with van der Waals surface area (Å²) in [5.41, 5.74) is 5.77. The summed E-state index contributed by atoms with van der Waals surface area (Å²) >= 11 is 1.76. The fourth-order valence-corrected chi connectivity index (χ4v) is 5.21. The van der Waals surface area contributed by atoms with Gasteiger partial charge in [0.15, 0.2) is 5.13 Å². The molecule has 1 aliphatic rings. The zero-order chi connectivity index (χ0) is 19.7. The Morgan fingerprint density at radius 1 is 1.21 bits per heavy atom. The molecule has 5 heteroatoms. The molecule has 0 aliphatic carbocycles. The Morgan fingerprint density at radius 3 is 2.71 bits per heavy atom. The van der Waals surface area contributed by atoms with E-state index in [1.54, 1.807) is 11.3 Å². The van der Waals surface area contributed by atoms with E-state index < -0.39 is 0 Å². The van der Waals surface area contributed by atoms with E-state index in [1.807, 2.05) is 18.2 Å². The van der Waals surface area contributed by atoms with Crippen LogP contribution in [0, 0.1) is 19.8 Å². The molecule has 2 heterocycles. The van der Waals surface area contributed by atoms with Crippen molar-refractivity contribution in [3.8, 4) is 0 Å². The second kappa shape index (κ2) is 7.92. The van der Waals surface area contributed by atoms with E-state index in [2.05, 4.69) is 49.2 Å². The summed E-state index contributed by atoms with van der Waals surface area (Å²) in [5, 5.41) is 4.23. The van der Waals surface area contributed by atoms with E-state index in [9.17, 15) is 4.79 Å². The van der Waals surface area contributed by atoms with Gasteiger partial charge in [0.05, 0.1) is 10.2 Å². The number of para-hydroxylation sites is 1. The average molecular weight is 394 g/mol. The third-order valence-electron chi connectivity index (χ3n) is 5.61. The maximum Gasteiger partial charge on any atom is 0.227 e.